The fourth-order valence-corrected chi connectivity index (χ4v) is 4.31. The van der Waals surface area contributed by atoms with Gasteiger partial charge in [-0.25, -0.2) is 0 Å². The van der Waals surface area contributed by atoms with Crippen molar-refractivity contribution in [2.75, 3.05) is 0 Å². The third-order valence-electron chi connectivity index (χ3n) is 5.98. The summed E-state index contributed by atoms with van der Waals surface area (Å²) in [6, 6.07) is 0.110. The number of carbonyl (C=O) groups excluding carboxylic acids is 1. The zero-order valence-electron chi connectivity index (χ0n) is 16.0. The van der Waals surface area contributed by atoms with E-state index in [4.69, 9.17) is 4.74 Å². The number of carbonyl (C=O) groups is 1. The van der Waals surface area contributed by atoms with Crippen LogP contribution in [0, 0.1) is 5.92 Å². The standard InChI is InChI=1S/C19H31N3O3/c1-11(2)19(24)8-6-14(7-9-19)20-18(23)16-15-10-12(3)25-13(4)17(15)22(5)21-16/h11-14,24H,6-10H2,1-5H3,(H,20,23)/t12-,13+,14?,19?/m0/s1. The quantitative estimate of drug-likeness (QED) is 0.879. The van der Waals surface area contributed by atoms with Crippen LogP contribution in [0.4, 0.5) is 0 Å². The number of hydrogen-bond donors (Lipinski definition) is 2. The van der Waals surface area contributed by atoms with Crippen molar-refractivity contribution in [3.05, 3.63) is 17.0 Å². The highest BCUT2D eigenvalue weighted by atomic mass is 16.5. The van der Waals surface area contributed by atoms with Crippen LogP contribution in [-0.4, -0.2) is 38.5 Å². The largest absolute Gasteiger partial charge is 0.390 e. The Labute approximate surface area is 149 Å². The number of nitrogens with one attached hydrogen (secondary N) is 1. The lowest BCUT2D eigenvalue weighted by Crippen LogP contribution is -2.46. The van der Waals surface area contributed by atoms with E-state index in [-0.39, 0.29) is 30.1 Å². The molecule has 3 rings (SSSR count). The highest BCUT2D eigenvalue weighted by Crippen LogP contribution is 2.35. The van der Waals surface area contributed by atoms with Crippen LogP contribution < -0.4 is 5.32 Å². The van der Waals surface area contributed by atoms with Gasteiger partial charge in [-0.15, -0.1) is 0 Å². The molecular formula is C19H31N3O3. The Kier molecular flexibility index (Phi) is 4.95. The molecule has 1 aliphatic carbocycles. The fraction of sp³-hybridized carbons (Fsp3) is 0.789. The normalized spacial score (nSPS) is 32.5. The van der Waals surface area contributed by atoms with Crippen molar-refractivity contribution in [1.29, 1.82) is 0 Å². The number of amides is 1. The number of aromatic nitrogens is 2. The van der Waals surface area contributed by atoms with Crippen molar-refractivity contribution in [2.45, 2.75) is 83.6 Å². The van der Waals surface area contributed by atoms with Gasteiger partial charge in [-0.05, 0) is 45.4 Å². The van der Waals surface area contributed by atoms with E-state index in [0.717, 1.165) is 36.9 Å². The predicted octanol–water partition coefficient (Wildman–Crippen LogP) is 2.50. The second-order valence-corrected chi connectivity index (χ2v) is 8.14. The van der Waals surface area contributed by atoms with Gasteiger partial charge in [-0.3, -0.25) is 9.48 Å². The maximum absolute atomic E-state index is 12.8. The third-order valence-corrected chi connectivity index (χ3v) is 5.98. The van der Waals surface area contributed by atoms with Crippen LogP contribution >= 0.6 is 0 Å². The minimum absolute atomic E-state index is 0.0477. The average molecular weight is 349 g/mol. The van der Waals surface area contributed by atoms with Gasteiger partial charge in [-0.1, -0.05) is 13.8 Å². The molecule has 1 amide bonds. The first-order chi connectivity index (χ1) is 11.7. The molecule has 0 aromatic carbocycles. The van der Waals surface area contributed by atoms with Crippen LogP contribution in [0.1, 0.15) is 81.2 Å². The molecule has 0 unspecified atom stereocenters. The number of fused-ring (bicyclic) bond motifs is 1. The zero-order valence-corrected chi connectivity index (χ0v) is 16.0. The van der Waals surface area contributed by atoms with Crippen LogP contribution in [0.2, 0.25) is 0 Å². The molecule has 1 aromatic heterocycles. The van der Waals surface area contributed by atoms with Gasteiger partial charge < -0.3 is 15.2 Å². The van der Waals surface area contributed by atoms with Gasteiger partial charge in [0.25, 0.3) is 5.91 Å². The first kappa shape index (κ1) is 18.4. The second kappa shape index (κ2) is 6.72. The second-order valence-electron chi connectivity index (χ2n) is 8.14. The number of hydrogen-bond acceptors (Lipinski definition) is 4. The summed E-state index contributed by atoms with van der Waals surface area (Å²) in [4.78, 5) is 12.8. The molecule has 2 heterocycles. The van der Waals surface area contributed by atoms with E-state index < -0.39 is 5.60 Å². The summed E-state index contributed by atoms with van der Waals surface area (Å²) < 4.78 is 7.64. The van der Waals surface area contributed by atoms with E-state index >= 15 is 0 Å². The molecule has 0 spiro atoms. The molecule has 0 radical (unpaired) electrons. The smallest absolute Gasteiger partial charge is 0.272 e. The van der Waals surface area contributed by atoms with Crippen molar-refractivity contribution < 1.29 is 14.6 Å². The minimum Gasteiger partial charge on any atom is -0.390 e. The molecule has 1 saturated carbocycles. The lowest BCUT2D eigenvalue weighted by atomic mass is 9.75. The first-order valence-corrected chi connectivity index (χ1v) is 9.45. The average Bonchev–Trinajstić information content (AvgIpc) is 2.86. The molecule has 25 heavy (non-hydrogen) atoms. The van der Waals surface area contributed by atoms with Crippen molar-refractivity contribution in [3.8, 4) is 0 Å². The Hall–Kier alpha value is -1.40. The molecule has 1 fully saturated rings. The molecular weight excluding hydrogens is 318 g/mol. The van der Waals surface area contributed by atoms with E-state index in [1.54, 1.807) is 4.68 Å². The van der Waals surface area contributed by atoms with Gasteiger partial charge in [0, 0.05) is 25.1 Å². The van der Waals surface area contributed by atoms with Crippen molar-refractivity contribution >= 4 is 5.91 Å². The summed E-state index contributed by atoms with van der Waals surface area (Å²) in [5.41, 5.74) is 1.96. The SMILES string of the molecule is CC(C)C1(O)CCC(NC(=O)c2nn(C)c3c2C[C@H](C)O[C@@H]3C)CC1. The Morgan fingerprint density at radius 1 is 1.36 bits per heavy atom. The Morgan fingerprint density at radius 2 is 2.00 bits per heavy atom. The number of ether oxygens (including phenoxy) is 1. The van der Waals surface area contributed by atoms with Crippen LogP contribution in [0.15, 0.2) is 0 Å². The molecule has 140 valence electrons. The topological polar surface area (TPSA) is 76.4 Å². The third kappa shape index (κ3) is 3.47. The van der Waals surface area contributed by atoms with Crippen LogP contribution in [0.5, 0.6) is 0 Å². The van der Waals surface area contributed by atoms with E-state index in [0.29, 0.717) is 12.1 Å². The number of rotatable bonds is 3. The maximum atomic E-state index is 12.8. The summed E-state index contributed by atoms with van der Waals surface area (Å²) >= 11 is 0. The molecule has 0 bridgehead atoms. The minimum atomic E-state index is -0.590. The van der Waals surface area contributed by atoms with Crippen molar-refractivity contribution in [1.82, 2.24) is 15.1 Å². The number of aliphatic hydroxyl groups is 1. The van der Waals surface area contributed by atoms with E-state index in [9.17, 15) is 9.90 Å². The number of nitrogens with zero attached hydrogens (tertiary/aromatic N) is 2. The molecule has 6 heteroatoms. The fourth-order valence-electron chi connectivity index (χ4n) is 4.31. The maximum Gasteiger partial charge on any atom is 0.272 e. The van der Waals surface area contributed by atoms with E-state index in [2.05, 4.69) is 24.3 Å². The van der Waals surface area contributed by atoms with Crippen molar-refractivity contribution in [3.63, 3.8) is 0 Å². The van der Waals surface area contributed by atoms with Gasteiger partial charge in [0.15, 0.2) is 5.69 Å². The van der Waals surface area contributed by atoms with Gasteiger partial charge in [-0.2, -0.15) is 5.10 Å². The van der Waals surface area contributed by atoms with Gasteiger partial charge >= 0.3 is 0 Å². The zero-order chi connectivity index (χ0) is 18.4. The molecule has 2 aliphatic rings. The molecule has 1 aliphatic heterocycles. The highest BCUT2D eigenvalue weighted by Gasteiger charge is 2.37. The lowest BCUT2D eigenvalue weighted by molar-refractivity contribution is -0.0424. The van der Waals surface area contributed by atoms with Gasteiger partial charge in [0.05, 0.1) is 23.5 Å². The first-order valence-electron chi connectivity index (χ1n) is 9.45. The van der Waals surface area contributed by atoms with Crippen LogP contribution in [0.25, 0.3) is 0 Å². The van der Waals surface area contributed by atoms with Gasteiger partial charge in [0.2, 0.25) is 0 Å². The monoisotopic (exact) mass is 349 g/mol. The van der Waals surface area contributed by atoms with Crippen LogP contribution in [0.3, 0.4) is 0 Å². The number of aryl methyl sites for hydroxylation is 1. The van der Waals surface area contributed by atoms with E-state index in [1.165, 1.54) is 0 Å². The van der Waals surface area contributed by atoms with Gasteiger partial charge in [0.1, 0.15) is 0 Å². The summed E-state index contributed by atoms with van der Waals surface area (Å²) in [5, 5.41) is 18.2. The Bertz CT molecular complexity index is 645. The highest BCUT2D eigenvalue weighted by molar-refractivity contribution is 5.94. The molecule has 1 aromatic rings. The Balaban J connectivity index is 1.70. The molecule has 0 saturated heterocycles. The van der Waals surface area contributed by atoms with Crippen LogP contribution in [-0.2, 0) is 18.2 Å². The predicted molar refractivity (Wildman–Crippen MR) is 95.4 cm³/mol. The summed E-state index contributed by atoms with van der Waals surface area (Å²) in [7, 11) is 1.87. The summed E-state index contributed by atoms with van der Waals surface area (Å²) in [5.74, 6) is 0.146. The molecule has 2 N–H and O–H groups in total. The summed E-state index contributed by atoms with van der Waals surface area (Å²) in [6.45, 7) is 8.15. The molecule has 6 nitrogen and oxygen atoms in total. The molecule has 2 atom stereocenters. The lowest BCUT2D eigenvalue weighted by Gasteiger charge is -2.39. The van der Waals surface area contributed by atoms with E-state index in [1.807, 2.05) is 20.9 Å². The van der Waals surface area contributed by atoms with Crippen molar-refractivity contribution in [2.24, 2.45) is 13.0 Å². The Morgan fingerprint density at radius 3 is 2.60 bits per heavy atom. The summed E-state index contributed by atoms with van der Waals surface area (Å²) in [6.07, 6.45) is 3.85.